The van der Waals surface area contributed by atoms with Gasteiger partial charge in [0.15, 0.2) is 5.75 Å². The molecule has 8 heteroatoms. The molecule has 2 N–H and O–H groups in total. The molecule has 0 unspecified atom stereocenters. The number of carboxylic acid groups (broad SMARTS) is 1. The van der Waals surface area contributed by atoms with Crippen molar-refractivity contribution in [3.05, 3.63) is 35.9 Å². The summed E-state index contributed by atoms with van der Waals surface area (Å²) in [5, 5.41) is 9.09. The van der Waals surface area contributed by atoms with Gasteiger partial charge >= 0.3 is 11.9 Å². The predicted molar refractivity (Wildman–Crippen MR) is 75.1 cm³/mol. The van der Waals surface area contributed by atoms with Crippen LogP contribution in [0.25, 0.3) is 0 Å². The van der Waals surface area contributed by atoms with Crippen molar-refractivity contribution in [2.75, 3.05) is 12.4 Å². The van der Waals surface area contributed by atoms with E-state index in [4.69, 9.17) is 5.11 Å². The zero-order valence-electron chi connectivity index (χ0n) is 11.5. The molecule has 116 valence electrons. The predicted octanol–water partition coefficient (Wildman–Crippen LogP) is 0.165. The van der Waals surface area contributed by atoms with Crippen LogP contribution in [0.3, 0.4) is 0 Å². The van der Waals surface area contributed by atoms with E-state index in [1.807, 2.05) is 4.72 Å². The van der Waals surface area contributed by atoms with E-state index in [1.165, 1.54) is 0 Å². The fourth-order valence-electron chi connectivity index (χ4n) is 1.65. The molecule has 0 bridgehead atoms. The van der Waals surface area contributed by atoms with Crippen molar-refractivity contribution < 1.29 is 27.9 Å². The number of hydrogen-bond acceptors (Lipinski definition) is 5. The Labute approximate surface area is 123 Å². The maximum Gasteiger partial charge on any atom is 0.322 e. The van der Waals surface area contributed by atoms with E-state index < -0.39 is 33.8 Å². The number of carboxylic acids is 1. The van der Waals surface area contributed by atoms with Gasteiger partial charge in [-0.3, -0.25) is 9.59 Å². The van der Waals surface area contributed by atoms with Crippen LogP contribution in [-0.4, -0.2) is 43.9 Å². The smallest absolute Gasteiger partial charge is 0.322 e. The summed E-state index contributed by atoms with van der Waals surface area (Å²) in [7, 11) is -4.07. The van der Waals surface area contributed by atoms with Crippen LogP contribution in [0.1, 0.15) is 12.5 Å². The molecule has 1 aromatic carbocycles. The number of benzene rings is 1. The summed E-state index contributed by atoms with van der Waals surface area (Å²) in [4.78, 5) is 22.3. The van der Waals surface area contributed by atoms with Crippen LogP contribution < -0.4 is 4.72 Å². The summed E-state index contributed by atoms with van der Waals surface area (Å²) in [6, 6.07) is 7.25. The zero-order valence-corrected chi connectivity index (χ0v) is 12.3. The molecular formula is C13H17NO6S. The minimum atomic E-state index is -4.07. The van der Waals surface area contributed by atoms with Crippen LogP contribution in [0.4, 0.5) is 0 Å². The van der Waals surface area contributed by atoms with Crippen LogP contribution in [0.2, 0.25) is 0 Å². The number of carbonyl (C=O) groups is 2. The summed E-state index contributed by atoms with van der Waals surface area (Å²) in [6.45, 7) is 1.61. The topological polar surface area (TPSA) is 110 Å². The van der Waals surface area contributed by atoms with Crippen LogP contribution >= 0.6 is 0 Å². The Morgan fingerprint density at radius 2 is 1.90 bits per heavy atom. The van der Waals surface area contributed by atoms with E-state index in [0.29, 0.717) is 5.56 Å². The molecule has 0 aliphatic carbocycles. The van der Waals surface area contributed by atoms with Gasteiger partial charge in [-0.2, -0.15) is 0 Å². The monoisotopic (exact) mass is 315 g/mol. The van der Waals surface area contributed by atoms with Gasteiger partial charge in [-0.25, -0.2) is 13.1 Å². The normalized spacial score (nSPS) is 12.6. The highest BCUT2D eigenvalue weighted by molar-refractivity contribution is 7.90. The minimum Gasteiger partial charge on any atom is -0.480 e. The molecule has 1 atom stereocenters. The lowest BCUT2D eigenvalue weighted by Gasteiger charge is -2.14. The molecule has 0 radical (unpaired) electrons. The van der Waals surface area contributed by atoms with Gasteiger partial charge < -0.3 is 9.84 Å². The Balaban J connectivity index is 2.74. The van der Waals surface area contributed by atoms with Crippen LogP contribution in [0, 0.1) is 0 Å². The lowest BCUT2D eigenvalue weighted by atomic mass is 10.1. The molecule has 0 spiro atoms. The highest BCUT2D eigenvalue weighted by atomic mass is 32.2. The maximum absolute atomic E-state index is 11.7. The molecule has 0 amide bonds. The van der Waals surface area contributed by atoms with Gasteiger partial charge in [-0.05, 0) is 18.9 Å². The quantitative estimate of drug-likeness (QED) is 0.662. The lowest BCUT2D eigenvalue weighted by molar-refractivity contribution is -0.141. The molecule has 0 saturated carbocycles. The van der Waals surface area contributed by atoms with Gasteiger partial charge in [0.05, 0.1) is 6.61 Å². The molecular weight excluding hydrogens is 298 g/mol. The lowest BCUT2D eigenvalue weighted by Crippen LogP contribution is -2.44. The van der Waals surface area contributed by atoms with E-state index in [-0.39, 0.29) is 13.0 Å². The number of rotatable bonds is 8. The summed E-state index contributed by atoms with van der Waals surface area (Å²) in [5.74, 6) is -3.14. The summed E-state index contributed by atoms with van der Waals surface area (Å²) in [5.41, 5.74) is 0.670. The van der Waals surface area contributed by atoms with E-state index in [9.17, 15) is 18.0 Å². The number of sulfonamides is 1. The van der Waals surface area contributed by atoms with Crippen molar-refractivity contribution in [1.29, 1.82) is 0 Å². The van der Waals surface area contributed by atoms with Gasteiger partial charge in [0, 0.05) is 0 Å². The van der Waals surface area contributed by atoms with Gasteiger partial charge in [-0.15, -0.1) is 0 Å². The number of nitrogens with one attached hydrogen (secondary N) is 1. The molecule has 1 rings (SSSR count). The first-order valence-corrected chi connectivity index (χ1v) is 7.91. The van der Waals surface area contributed by atoms with Gasteiger partial charge in [0.2, 0.25) is 10.0 Å². The number of ether oxygens (including phenoxy) is 1. The van der Waals surface area contributed by atoms with Crippen molar-refractivity contribution in [1.82, 2.24) is 4.72 Å². The second-order valence-corrected chi connectivity index (χ2v) is 6.02. The molecule has 0 fully saturated rings. The second-order valence-electron chi connectivity index (χ2n) is 4.26. The number of esters is 1. The van der Waals surface area contributed by atoms with Crippen LogP contribution in [0.15, 0.2) is 30.3 Å². The Kier molecular flexibility index (Phi) is 6.32. The molecule has 1 aromatic rings. The second kappa shape index (κ2) is 7.75. The number of hydrogen-bond donors (Lipinski definition) is 2. The zero-order chi connectivity index (χ0) is 15.9. The molecule has 21 heavy (non-hydrogen) atoms. The minimum absolute atomic E-state index is 0.0156. The van der Waals surface area contributed by atoms with Crippen LogP contribution in [0.5, 0.6) is 0 Å². The van der Waals surface area contributed by atoms with Gasteiger partial charge in [0.25, 0.3) is 0 Å². The van der Waals surface area contributed by atoms with Crippen molar-refractivity contribution in [3.63, 3.8) is 0 Å². The maximum atomic E-state index is 11.7. The average molecular weight is 315 g/mol. The number of carbonyl (C=O) groups excluding carboxylic acids is 1. The summed E-state index contributed by atoms with van der Waals surface area (Å²) in [6.07, 6.45) is -0.0156. The fourth-order valence-corrected chi connectivity index (χ4v) is 2.74. The molecule has 0 aliphatic heterocycles. The van der Waals surface area contributed by atoms with Crippen molar-refractivity contribution in [3.8, 4) is 0 Å². The Bertz CT molecular complexity index is 584. The summed E-state index contributed by atoms with van der Waals surface area (Å²) < 4.78 is 30.0. The van der Waals surface area contributed by atoms with Crippen LogP contribution in [-0.2, 0) is 30.8 Å². The molecule has 0 heterocycles. The molecule has 0 aliphatic rings. The molecule has 0 aromatic heterocycles. The fraction of sp³-hybridized carbons (Fsp3) is 0.385. The molecule has 0 saturated heterocycles. The average Bonchev–Trinajstić information content (AvgIpc) is 2.38. The van der Waals surface area contributed by atoms with Crippen molar-refractivity contribution in [2.24, 2.45) is 0 Å². The Hall–Kier alpha value is -1.93. The van der Waals surface area contributed by atoms with E-state index in [0.717, 1.165) is 0 Å². The van der Waals surface area contributed by atoms with E-state index >= 15 is 0 Å². The third-order valence-electron chi connectivity index (χ3n) is 2.52. The third-order valence-corrected chi connectivity index (χ3v) is 3.78. The van der Waals surface area contributed by atoms with Crippen molar-refractivity contribution >= 4 is 22.0 Å². The van der Waals surface area contributed by atoms with Crippen molar-refractivity contribution in [2.45, 2.75) is 19.4 Å². The van der Waals surface area contributed by atoms with E-state index in [1.54, 1.807) is 37.3 Å². The molecule has 7 nitrogen and oxygen atoms in total. The first-order valence-electron chi connectivity index (χ1n) is 6.26. The SMILES string of the molecule is CCOC(=O)CS(=O)(=O)N[C@H](Cc1ccccc1)C(=O)O. The Morgan fingerprint density at radius 1 is 1.29 bits per heavy atom. The Morgan fingerprint density at radius 3 is 2.43 bits per heavy atom. The van der Waals surface area contributed by atoms with Gasteiger partial charge in [0.1, 0.15) is 6.04 Å². The first kappa shape index (κ1) is 17.1. The largest absolute Gasteiger partial charge is 0.480 e. The van der Waals surface area contributed by atoms with Gasteiger partial charge in [-0.1, -0.05) is 30.3 Å². The highest BCUT2D eigenvalue weighted by Crippen LogP contribution is 2.05. The summed E-state index contributed by atoms with van der Waals surface area (Å²) >= 11 is 0. The third kappa shape index (κ3) is 6.37. The standard InChI is InChI=1S/C13H17NO6S/c1-2-20-12(15)9-21(18,19)14-11(13(16)17)8-10-6-4-3-5-7-10/h3-7,11,14H,2,8-9H2,1H3,(H,16,17)/t11-/m1/s1. The highest BCUT2D eigenvalue weighted by Gasteiger charge is 2.26. The number of aliphatic carboxylic acids is 1. The first-order chi connectivity index (χ1) is 9.84. The van der Waals surface area contributed by atoms with E-state index in [2.05, 4.69) is 4.74 Å².